The zero-order valence-corrected chi connectivity index (χ0v) is 10.7. The van der Waals surface area contributed by atoms with E-state index in [9.17, 15) is 8.42 Å². The predicted molar refractivity (Wildman–Crippen MR) is 57.4 cm³/mol. The van der Waals surface area contributed by atoms with Crippen LogP contribution in [-0.2, 0) is 10.0 Å². The summed E-state index contributed by atoms with van der Waals surface area (Å²) in [4.78, 5) is 0.244. The first kappa shape index (κ1) is 10.8. The molecule has 2 aromatic rings. The van der Waals surface area contributed by atoms with Crippen LogP contribution in [0.2, 0.25) is 0 Å². The number of rotatable bonds is 2. The molecule has 0 saturated heterocycles. The van der Waals surface area contributed by atoms with Crippen molar-refractivity contribution >= 4 is 34.5 Å². The molecule has 0 aliphatic heterocycles. The molecule has 0 aliphatic rings. The molecule has 0 spiro atoms. The quantitative estimate of drug-likeness (QED) is 0.727. The van der Waals surface area contributed by atoms with Crippen LogP contribution in [0, 0.1) is 0 Å². The van der Waals surface area contributed by atoms with E-state index < -0.39 is 10.0 Å². The Kier molecular flexibility index (Phi) is 2.64. The summed E-state index contributed by atoms with van der Waals surface area (Å²) in [5, 5.41) is 3.89. The first-order valence-corrected chi connectivity index (χ1v) is 7.23. The second-order valence-electron chi connectivity index (χ2n) is 3.16. The van der Waals surface area contributed by atoms with Crippen molar-refractivity contribution in [3.05, 3.63) is 18.2 Å². The minimum atomic E-state index is -3.41. The molecule has 7 heteroatoms. The number of nitrogens with zero attached hydrogens (tertiary/aromatic N) is 3. The van der Waals surface area contributed by atoms with Crippen LogP contribution >= 0.6 is 0 Å². The molecular formula is C8H9N3O2SSe. The van der Waals surface area contributed by atoms with Gasteiger partial charge in [0.05, 0.1) is 0 Å². The topological polar surface area (TPSA) is 63.2 Å². The number of hydrogen-bond donors (Lipinski definition) is 0. The summed E-state index contributed by atoms with van der Waals surface area (Å²) in [5.74, 6) is 0. The third-order valence-corrected chi connectivity index (χ3v) is 5.29. The molecule has 5 nitrogen and oxygen atoms in total. The van der Waals surface area contributed by atoms with Gasteiger partial charge in [0.2, 0.25) is 0 Å². The van der Waals surface area contributed by atoms with Gasteiger partial charge in [-0.2, -0.15) is 0 Å². The zero-order valence-electron chi connectivity index (χ0n) is 8.21. The number of fused-ring (bicyclic) bond motifs is 1. The molecule has 0 fully saturated rings. The SMILES string of the molecule is CN(C)S(=O)(=O)c1cccc2[se]nnc12. The molecule has 0 saturated carbocycles. The summed E-state index contributed by atoms with van der Waals surface area (Å²) in [6.07, 6.45) is 0. The summed E-state index contributed by atoms with van der Waals surface area (Å²) in [5.41, 5.74) is 0.506. The van der Waals surface area contributed by atoms with Crippen LogP contribution in [0.3, 0.4) is 0 Å². The van der Waals surface area contributed by atoms with E-state index in [4.69, 9.17) is 0 Å². The molecule has 1 heterocycles. The van der Waals surface area contributed by atoms with Gasteiger partial charge in [0, 0.05) is 0 Å². The molecule has 0 atom stereocenters. The Hall–Kier alpha value is -0.751. The summed E-state index contributed by atoms with van der Waals surface area (Å²) in [7, 11) is -0.401. The maximum absolute atomic E-state index is 11.9. The van der Waals surface area contributed by atoms with Gasteiger partial charge in [-0.15, -0.1) is 0 Å². The van der Waals surface area contributed by atoms with E-state index in [-0.39, 0.29) is 19.6 Å². The second kappa shape index (κ2) is 3.68. The standard InChI is InChI=1S/C8H9N3O2SSe/c1-11(2)14(12,13)6-4-3-5-7-8(6)9-10-15-7/h3-5H,1-2H3. The number of sulfonamides is 1. The molecule has 80 valence electrons. The van der Waals surface area contributed by atoms with Gasteiger partial charge >= 0.3 is 93.6 Å². The number of benzene rings is 1. The molecule has 0 aliphatic carbocycles. The van der Waals surface area contributed by atoms with Crippen LogP contribution in [0.4, 0.5) is 0 Å². The zero-order chi connectivity index (χ0) is 11.1. The third kappa shape index (κ3) is 1.72. The van der Waals surface area contributed by atoms with Crippen molar-refractivity contribution in [1.29, 1.82) is 0 Å². The van der Waals surface area contributed by atoms with Crippen LogP contribution in [-0.4, -0.2) is 50.7 Å². The minimum absolute atomic E-state index is 0.0762. The van der Waals surface area contributed by atoms with Crippen molar-refractivity contribution in [3.63, 3.8) is 0 Å². The molecule has 0 unspecified atom stereocenters. The first-order valence-electron chi connectivity index (χ1n) is 4.17. The molecular weight excluding hydrogens is 281 g/mol. The molecule has 0 radical (unpaired) electrons. The van der Waals surface area contributed by atoms with E-state index >= 15 is 0 Å². The van der Waals surface area contributed by atoms with Crippen molar-refractivity contribution in [2.75, 3.05) is 14.1 Å². The van der Waals surface area contributed by atoms with Crippen molar-refractivity contribution in [3.8, 4) is 0 Å². The fraction of sp³-hybridized carbons (Fsp3) is 0.250. The fourth-order valence-electron chi connectivity index (χ4n) is 1.18. The van der Waals surface area contributed by atoms with Crippen molar-refractivity contribution in [1.82, 2.24) is 13.5 Å². The Morgan fingerprint density at radius 3 is 2.73 bits per heavy atom. The molecule has 0 amide bonds. The maximum atomic E-state index is 11.9. The summed E-state index contributed by atoms with van der Waals surface area (Å²) < 4.78 is 29.8. The van der Waals surface area contributed by atoms with Crippen molar-refractivity contribution < 1.29 is 8.42 Å². The van der Waals surface area contributed by atoms with E-state index in [0.29, 0.717) is 5.52 Å². The van der Waals surface area contributed by atoms with Crippen LogP contribution in [0.1, 0.15) is 0 Å². The molecule has 0 N–H and O–H groups in total. The van der Waals surface area contributed by atoms with Gasteiger partial charge in [0.1, 0.15) is 0 Å². The Morgan fingerprint density at radius 1 is 1.33 bits per heavy atom. The van der Waals surface area contributed by atoms with E-state index in [1.54, 1.807) is 12.1 Å². The van der Waals surface area contributed by atoms with Gasteiger partial charge in [-0.3, -0.25) is 0 Å². The Labute approximate surface area is 93.7 Å². The van der Waals surface area contributed by atoms with Gasteiger partial charge in [0.25, 0.3) is 0 Å². The average molecular weight is 290 g/mol. The predicted octanol–water partition coefficient (Wildman–Crippen LogP) is -0.0629. The van der Waals surface area contributed by atoms with Gasteiger partial charge in [-0.1, -0.05) is 0 Å². The van der Waals surface area contributed by atoms with Gasteiger partial charge < -0.3 is 0 Å². The normalized spacial score (nSPS) is 12.5. The monoisotopic (exact) mass is 291 g/mol. The second-order valence-corrected chi connectivity index (χ2v) is 6.93. The number of hydrogen-bond acceptors (Lipinski definition) is 4. The van der Waals surface area contributed by atoms with Crippen LogP contribution < -0.4 is 0 Å². The van der Waals surface area contributed by atoms with Gasteiger partial charge in [-0.25, -0.2) is 0 Å². The average Bonchev–Trinajstić information content (AvgIpc) is 2.64. The van der Waals surface area contributed by atoms with Gasteiger partial charge in [0.15, 0.2) is 0 Å². The molecule has 0 bridgehead atoms. The Balaban J connectivity index is 2.77. The molecule has 1 aromatic carbocycles. The Morgan fingerprint density at radius 2 is 2.07 bits per heavy atom. The molecule has 15 heavy (non-hydrogen) atoms. The summed E-state index contributed by atoms with van der Waals surface area (Å²) in [6, 6.07) is 5.16. The van der Waals surface area contributed by atoms with Crippen LogP contribution in [0.15, 0.2) is 23.1 Å². The van der Waals surface area contributed by atoms with Crippen molar-refractivity contribution in [2.24, 2.45) is 0 Å². The fourth-order valence-corrected chi connectivity index (χ4v) is 3.60. The van der Waals surface area contributed by atoms with E-state index in [2.05, 4.69) is 9.19 Å². The summed E-state index contributed by atoms with van der Waals surface area (Å²) in [6.45, 7) is 0. The van der Waals surface area contributed by atoms with Crippen LogP contribution in [0.25, 0.3) is 9.78 Å². The van der Waals surface area contributed by atoms with E-state index in [1.165, 1.54) is 18.4 Å². The van der Waals surface area contributed by atoms with Crippen molar-refractivity contribution in [2.45, 2.75) is 4.90 Å². The van der Waals surface area contributed by atoms with Crippen LogP contribution in [0.5, 0.6) is 0 Å². The summed E-state index contributed by atoms with van der Waals surface area (Å²) >= 11 is -0.0762. The molecule has 1 aromatic heterocycles. The number of aromatic nitrogens is 2. The first-order chi connectivity index (χ1) is 7.03. The Bertz CT molecular complexity index is 591. The van der Waals surface area contributed by atoms with Gasteiger partial charge in [-0.05, 0) is 0 Å². The van der Waals surface area contributed by atoms with E-state index in [0.717, 1.165) is 4.26 Å². The molecule has 2 rings (SSSR count). The van der Waals surface area contributed by atoms with E-state index in [1.807, 2.05) is 6.07 Å². The third-order valence-electron chi connectivity index (χ3n) is 2.00.